The predicted molar refractivity (Wildman–Crippen MR) is 99.6 cm³/mol. The minimum absolute atomic E-state index is 0.0617. The number of carboxylic acid groups (broad SMARTS) is 1. The Morgan fingerprint density at radius 2 is 2.00 bits per heavy atom. The summed E-state index contributed by atoms with van der Waals surface area (Å²) in [5, 5.41) is 12.2. The second-order valence-corrected chi connectivity index (χ2v) is 7.37. The van der Waals surface area contributed by atoms with Gasteiger partial charge in [-0.3, -0.25) is 14.5 Å². The van der Waals surface area contributed by atoms with Crippen LogP contribution in [-0.2, 0) is 16.1 Å². The number of amides is 1. The summed E-state index contributed by atoms with van der Waals surface area (Å²) in [7, 11) is 0. The summed E-state index contributed by atoms with van der Waals surface area (Å²) in [4.78, 5) is 28.4. The molecule has 2 atom stereocenters. The second kappa shape index (κ2) is 6.25. The molecule has 2 saturated heterocycles. The number of hydrogen-bond acceptors (Lipinski definition) is 3. The molecular weight excluding hydrogens is 328 g/mol. The van der Waals surface area contributed by atoms with Crippen LogP contribution in [-0.4, -0.2) is 53.0 Å². The first-order valence-electron chi connectivity index (χ1n) is 8.86. The zero-order chi connectivity index (χ0) is 18.3. The van der Waals surface area contributed by atoms with Crippen molar-refractivity contribution < 1.29 is 14.7 Å². The van der Waals surface area contributed by atoms with Gasteiger partial charge in [0.2, 0.25) is 5.91 Å². The van der Waals surface area contributed by atoms with Gasteiger partial charge in [0.05, 0.1) is 5.92 Å². The highest BCUT2D eigenvalue weighted by atomic mass is 16.4. The number of benzene rings is 2. The molecule has 134 valence electrons. The summed E-state index contributed by atoms with van der Waals surface area (Å²) < 4.78 is 0. The van der Waals surface area contributed by atoms with Crippen LogP contribution in [0.1, 0.15) is 5.56 Å². The lowest BCUT2D eigenvalue weighted by Crippen LogP contribution is -2.40. The van der Waals surface area contributed by atoms with Gasteiger partial charge in [0.25, 0.3) is 0 Å². The summed E-state index contributed by atoms with van der Waals surface area (Å²) in [5.74, 6) is -1.41. The van der Waals surface area contributed by atoms with E-state index in [0.717, 1.165) is 5.56 Å². The van der Waals surface area contributed by atoms with E-state index >= 15 is 0 Å². The van der Waals surface area contributed by atoms with Crippen LogP contribution >= 0.6 is 0 Å². The van der Waals surface area contributed by atoms with Crippen LogP contribution in [0.2, 0.25) is 0 Å². The van der Waals surface area contributed by atoms with E-state index < -0.39 is 17.3 Å². The van der Waals surface area contributed by atoms with E-state index in [4.69, 9.17) is 0 Å². The van der Waals surface area contributed by atoms with Crippen molar-refractivity contribution in [1.29, 1.82) is 0 Å². The average molecular weight is 350 g/mol. The number of carboxylic acids is 1. The van der Waals surface area contributed by atoms with E-state index in [1.807, 2.05) is 12.1 Å². The Kier molecular flexibility index (Phi) is 4.04. The summed E-state index contributed by atoms with van der Waals surface area (Å²) in [6, 6.07) is 14.5. The van der Waals surface area contributed by atoms with E-state index in [9.17, 15) is 14.7 Å². The average Bonchev–Trinajstić information content (AvgIpc) is 3.11. The monoisotopic (exact) mass is 350 g/mol. The molecular formula is C21H22N2O3. The van der Waals surface area contributed by atoms with E-state index in [1.54, 1.807) is 11.0 Å². The topological polar surface area (TPSA) is 60.9 Å². The molecule has 0 aromatic heterocycles. The second-order valence-electron chi connectivity index (χ2n) is 7.37. The van der Waals surface area contributed by atoms with Gasteiger partial charge >= 0.3 is 5.97 Å². The molecule has 0 saturated carbocycles. The molecule has 0 bridgehead atoms. The smallest absolute Gasteiger partial charge is 0.313 e. The van der Waals surface area contributed by atoms with Crippen molar-refractivity contribution in [3.05, 3.63) is 60.7 Å². The first-order chi connectivity index (χ1) is 12.5. The fourth-order valence-electron chi connectivity index (χ4n) is 4.43. The van der Waals surface area contributed by atoms with Gasteiger partial charge in [-0.05, 0) is 22.4 Å². The maximum atomic E-state index is 12.6. The Morgan fingerprint density at radius 1 is 1.23 bits per heavy atom. The third kappa shape index (κ3) is 2.59. The quantitative estimate of drug-likeness (QED) is 0.841. The number of carbonyl (C=O) groups excluding carboxylic acids is 1. The SMILES string of the molecule is C=CCN1C[C@]2(C(=O)O)CN(Cc3ccc4ccccc4c3)C[C@@H]2C1=O. The van der Waals surface area contributed by atoms with Crippen LogP contribution in [0.4, 0.5) is 0 Å². The zero-order valence-corrected chi connectivity index (χ0v) is 14.6. The van der Waals surface area contributed by atoms with Gasteiger partial charge in [0.15, 0.2) is 0 Å². The number of carbonyl (C=O) groups is 2. The van der Waals surface area contributed by atoms with Gasteiger partial charge in [-0.1, -0.05) is 42.5 Å². The molecule has 0 aliphatic carbocycles. The lowest BCUT2D eigenvalue weighted by atomic mass is 9.81. The van der Waals surface area contributed by atoms with Crippen LogP contribution in [0.5, 0.6) is 0 Å². The predicted octanol–water partition coefficient (Wildman–Crippen LogP) is 2.37. The minimum atomic E-state index is -1.00. The Bertz CT molecular complexity index is 894. The van der Waals surface area contributed by atoms with Crippen molar-refractivity contribution in [2.24, 2.45) is 11.3 Å². The van der Waals surface area contributed by atoms with Gasteiger partial charge in [-0.2, -0.15) is 0 Å². The maximum Gasteiger partial charge on any atom is 0.313 e. The van der Waals surface area contributed by atoms with Crippen LogP contribution in [0.25, 0.3) is 10.8 Å². The minimum Gasteiger partial charge on any atom is -0.481 e. The molecule has 5 heteroatoms. The standard InChI is InChI=1S/C21H22N2O3/c1-2-9-23-14-21(20(25)26)13-22(12-18(21)19(23)24)11-15-7-8-16-5-3-4-6-17(16)10-15/h2-8,10,18H,1,9,11-14H2,(H,25,26)/t18-,21-/m1/s1. The highest BCUT2D eigenvalue weighted by Crippen LogP contribution is 2.44. The molecule has 4 rings (SSSR count). The molecule has 2 fully saturated rings. The van der Waals surface area contributed by atoms with E-state index in [2.05, 4.69) is 41.8 Å². The van der Waals surface area contributed by atoms with Crippen LogP contribution < -0.4 is 0 Å². The van der Waals surface area contributed by atoms with Crippen LogP contribution in [0, 0.1) is 11.3 Å². The third-order valence-corrected chi connectivity index (χ3v) is 5.69. The molecule has 0 unspecified atom stereocenters. The molecule has 2 aliphatic heterocycles. The Labute approximate surface area is 152 Å². The highest BCUT2D eigenvalue weighted by Gasteiger charge is 2.61. The van der Waals surface area contributed by atoms with Crippen LogP contribution in [0.3, 0.4) is 0 Å². The molecule has 0 spiro atoms. The Hall–Kier alpha value is -2.66. The van der Waals surface area contributed by atoms with Gasteiger partial charge in [-0.25, -0.2) is 0 Å². The summed E-state index contributed by atoms with van der Waals surface area (Å²) in [6.07, 6.45) is 1.65. The number of aliphatic carboxylic acids is 1. The van der Waals surface area contributed by atoms with Gasteiger partial charge in [0, 0.05) is 32.7 Å². The molecule has 26 heavy (non-hydrogen) atoms. The molecule has 0 radical (unpaired) electrons. The maximum absolute atomic E-state index is 12.6. The Balaban J connectivity index is 1.56. The molecule has 1 amide bonds. The number of likely N-dealkylation sites (tertiary alicyclic amines) is 2. The largest absolute Gasteiger partial charge is 0.481 e. The van der Waals surface area contributed by atoms with Crippen molar-refractivity contribution in [2.45, 2.75) is 6.54 Å². The van der Waals surface area contributed by atoms with Crippen molar-refractivity contribution in [3.8, 4) is 0 Å². The van der Waals surface area contributed by atoms with Crippen molar-refractivity contribution in [1.82, 2.24) is 9.80 Å². The molecule has 2 heterocycles. The number of rotatable bonds is 5. The summed E-state index contributed by atoms with van der Waals surface area (Å²) in [6.45, 7) is 5.90. The first-order valence-corrected chi connectivity index (χ1v) is 8.86. The third-order valence-electron chi connectivity index (χ3n) is 5.69. The van der Waals surface area contributed by atoms with Crippen molar-refractivity contribution in [3.63, 3.8) is 0 Å². The highest BCUT2D eigenvalue weighted by molar-refractivity contribution is 5.92. The van der Waals surface area contributed by atoms with Gasteiger partial charge < -0.3 is 10.0 Å². The lowest BCUT2D eigenvalue weighted by molar-refractivity contribution is -0.149. The van der Waals surface area contributed by atoms with Gasteiger partial charge in [0.1, 0.15) is 5.41 Å². The van der Waals surface area contributed by atoms with E-state index in [-0.39, 0.29) is 12.5 Å². The number of nitrogens with zero attached hydrogens (tertiary/aromatic N) is 2. The zero-order valence-electron chi connectivity index (χ0n) is 14.6. The normalized spacial score (nSPS) is 25.6. The number of hydrogen-bond donors (Lipinski definition) is 1. The number of fused-ring (bicyclic) bond motifs is 2. The van der Waals surface area contributed by atoms with Gasteiger partial charge in [-0.15, -0.1) is 6.58 Å². The molecule has 5 nitrogen and oxygen atoms in total. The summed E-state index contributed by atoms with van der Waals surface area (Å²) >= 11 is 0. The molecule has 2 aromatic rings. The molecule has 2 aliphatic rings. The van der Waals surface area contributed by atoms with E-state index in [1.165, 1.54) is 10.8 Å². The lowest BCUT2D eigenvalue weighted by Gasteiger charge is -2.24. The van der Waals surface area contributed by atoms with Crippen molar-refractivity contribution >= 4 is 22.6 Å². The summed E-state index contributed by atoms with van der Waals surface area (Å²) in [5.41, 5.74) is 0.135. The van der Waals surface area contributed by atoms with Crippen LogP contribution in [0.15, 0.2) is 55.1 Å². The fraction of sp³-hybridized carbons (Fsp3) is 0.333. The molecule has 2 aromatic carbocycles. The Morgan fingerprint density at radius 3 is 2.69 bits per heavy atom. The first kappa shape index (κ1) is 16.8. The fourth-order valence-corrected chi connectivity index (χ4v) is 4.43. The van der Waals surface area contributed by atoms with E-state index in [0.29, 0.717) is 26.2 Å². The molecule has 1 N–H and O–H groups in total. The van der Waals surface area contributed by atoms with Crippen molar-refractivity contribution in [2.75, 3.05) is 26.2 Å².